The molecule has 1 aliphatic heterocycles. The number of nitrogens with one attached hydrogen (secondary N) is 3. The molecule has 29 heavy (non-hydrogen) atoms. The lowest BCUT2D eigenvalue weighted by Gasteiger charge is -2.26. The summed E-state index contributed by atoms with van der Waals surface area (Å²) in [4.78, 5) is 30.1. The van der Waals surface area contributed by atoms with E-state index in [1.165, 1.54) is 0 Å². The molecule has 0 bridgehead atoms. The Morgan fingerprint density at radius 3 is 2.55 bits per heavy atom. The van der Waals surface area contributed by atoms with Crippen molar-refractivity contribution in [3.63, 3.8) is 0 Å². The molecule has 1 aliphatic rings. The van der Waals surface area contributed by atoms with Gasteiger partial charge in [-0.25, -0.2) is 4.99 Å². The molecule has 1 saturated heterocycles. The molecular formula is C20H32IN5O3. The van der Waals surface area contributed by atoms with Crippen molar-refractivity contribution >= 4 is 41.8 Å². The SMILES string of the molecule is CCNC(=NCc1ccc(C(=O)N2CCNC(=O)C2)cc1)NCC(C)(C)OC.I. The minimum absolute atomic E-state index is 0. The van der Waals surface area contributed by atoms with Crippen LogP contribution in [-0.4, -0.2) is 68.1 Å². The van der Waals surface area contributed by atoms with E-state index in [1.54, 1.807) is 24.1 Å². The van der Waals surface area contributed by atoms with Crippen molar-refractivity contribution in [1.29, 1.82) is 0 Å². The minimum atomic E-state index is -0.288. The normalized spacial score (nSPS) is 14.7. The van der Waals surface area contributed by atoms with Gasteiger partial charge in [-0.15, -0.1) is 24.0 Å². The van der Waals surface area contributed by atoms with E-state index in [9.17, 15) is 9.59 Å². The predicted molar refractivity (Wildman–Crippen MR) is 125 cm³/mol. The molecule has 0 aliphatic carbocycles. The second kappa shape index (κ2) is 12.0. The fourth-order valence-electron chi connectivity index (χ4n) is 2.63. The lowest BCUT2D eigenvalue weighted by molar-refractivity contribution is -0.123. The van der Waals surface area contributed by atoms with Gasteiger partial charge in [0.25, 0.3) is 5.91 Å². The number of guanidine groups is 1. The third-order valence-electron chi connectivity index (χ3n) is 4.52. The van der Waals surface area contributed by atoms with Crippen LogP contribution in [0.2, 0.25) is 0 Å². The van der Waals surface area contributed by atoms with E-state index in [2.05, 4.69) is 20.9 Å². The first-order valence-electron chi connectivity index (χ1n) is 9.57. The van der Waals surface area contributed by atoms with Gasteiger partial charge in [-0.3, -0.25) is 9.59 Å². The third kappa shape index (κ3) is 8.17. The first-order chi connectivity index (χ1) is 13.3. The first-order valence-corrected chi connectivity index (χ1v) is 9.57. The third-order valence-corrected chi connectivity index (χ3v) is 4.52. The monoisotopic (exact) mass is 517 g/mol. The van der Waals surface area contributed by atoms with Crippen LogP contribution >= 0.6 is 24.0 Å². The zero-order valence-corrected chi connectivity index (χ0v) is 19.9. The molecule has 8 nitrogen and oxygen atoms in total. The molecule has 0 unspecified atom stereocenters. The fraction of sp³-hybridized carbons (Fsp3) is 0.550. The number of methoxy groups -OCH3 is 1. The highest BCUT2D eigenvalue weighted by atomic mass is 127. The number of carbonyl (C=O) groups excluding carboxylic acids is 2. The van der Waals surface area contributed by atoms with Crippen LogP contribution in [0.4, 0.5) is 0 Å². The molecule has 0 saturated carbocycles. The van der Waals surface area contributed by atoms with Crippen LogP contribution in [0.15, 0.2) is 29.3 Å². The molecular weight excluding hydrogens is 485 g/mol. The number of nitrogens with zero attached hydrogens (tertiary/aromatic N) is 2. The number of amides is 2. The lowest BCUT2D eigenvalue weighted by atomic mass is 10.1. The quantitative estimate of drug-likeness (QED) is 0.289. The van der Waals surface area contributed by atoms with E-state index in [0.29, 0.717) is 37.7 Å². The van der Waals surface area contributed by atoms with Crippen molar-refractivity contribution < 1.29 is 14.3 Å². The number of carbonyl (C=O) groups is 2. The minimum Gasteiger partial charge on any atom is -0.377 e. The summed E-state index contributed by atoms with van der Waals surface area (Å²) in [6, 6.07) is 7.36. The van der Waals surface area contributed by atoms with Gasteiger partial charge in [-0.05, 0) is 38.5 Å². The molecule has 3 N–H and O–H groups in total. The van der Waals surface area contributed by atoms with Gasteiger partial charge < -0.3 is 25.6 Å². The van der Waals surface area contributed by atoms with Gasteiger partial charge in [0.2, 0.25) is 5.91 Å². The van der Waals surface area contributed by atoms with Gasteiger partial charge in [-0.1, -0.05) is 12.1 Å². The summed E-state index contributed by atoms with van der Waals surface area (Å²) >= 11 is 0. The summed E-state index contributed by atoms with van der Waals surface area (Å²) in [5.74, 6) is 0.472. The van der Waals surface area contributed by atoms with Gasteiger partial charge in [0.1, 0.15) is 0 Å². The average Bonchev–Trinajstić information content (AvgIpc) is 2.70. The van der Waals surface area contributed by atoms with Crippen LogP contribution in [0.3, 0.4) is 0 Å². The van der Waals surface area contributed by atoms with E-state index >= 15 is 0 Å². The van der Waals surface area contributed by atoms with E-state index in [1.807, 2.05) is 32.9 Å². The maximum absolute atomic E-state index is 12.5. The molecule has 162 valence electrons. The largest absolute Gasteiger partial charge is 0.377 e. The topological polar surface area (TPSA) is 95.1 Å². The Kier molecular flexibility index (Phi) is 10.4. The number of rotatable bonds is 7. The zero-order chi connectivity index (χ0) is 20.6. The number of hydrogen-bond donors (Lipinski definition) is 3. The highest BCUT2D eigenvalue weighted by Gasteiger charge is 2.22. The molecule has 2 rings (SSSR count). The Bertz CT molecular complexity index is 707. The molecule has 9 heteroatoms. The fourth-order valence-corrected chi connectivity index (χ4v) is 2.63. The average molecular weight is 517 g/mol. The van der Waals surface area contributed by atoms with Gasteiger partial charge in [-0.2, -0.15) is 0 Å². The summed E-state index contributed by atoms with van der Waals surface area (Å²) in [6.45, 7) is 9.05. The number of aliphatic imine (C=N–C) groups is 1. The van der Waals surface area contributed by atoms with Crippen LogP contribution in [0, 0.1) is 0 Å². The molecule has 0 atom stereocenters. The molecule has 1 fully saturated rings. The lowest BCUT2D eigenvalue weighted by Crippen LogP contribution is -2.49. The molecule has 0 spiro atoms. The maximum Gasteiger partial charge on any atom is 0.254 e. The Balaban J connectivity index is 0.00000420. The molecule has 1 aromatic carbocycles. The smallest absolute Gasteiger partial charge is 0.254 e. The zero-order valence-electron chi connectivity index (χ0n) is 17.6. The summed E-state index contributed by atoms with van der Waals surface area (Å²) in [5, 5.41) is 9.21. The number of hydrogen-bond acceptors (Lipinski definition) is 4. The molecule has 1 heterocycles. The highest BCUT2D eigenvalue weighted by molar-refractivity contribution is 14.0. The van der Waals surface area contributed by atoms with Crippen molar-refractivity contribution in [2.75, 3.05) is 39.8 Å². The second-order valence-electron chi connectivity index (χ2n) is 7.29. The first kappa shape index (κ1) is 25.2. The van der Waals surface area contributed by atoms with Crippen LogP contribution in [0.1, 0.15) is 36.7 Å². The summed E-state index contributed by atoms with van der Waals surface area (Å²) in [7, 11) is 1.69. The van der Waals surface area contributed by atoms with E-state index in [4.69, 9.17) is 4.74 Å². The summed E-state index contributed by atoms with van der Waals surface area (Å²) in [5.41, 5.74) is 1.29. The van der Waals surface area contributed by atoms with Crippen LogP contribution in [0.5, 0.6) is 0 Å². The van der Waals surface area contributed by atoms with E-state index in [-0.39, 0.29) is 47.9 Å². The van der Waals surface area contributed by atoms with Crippen LogP contribution < -0.4 is 16.0 Å². The Morgan fingerprint density at radius 1 is 1.28 bits per heavy atom. The van der Waals surface area contributed by atoms with Crippen molar-refractivity contribution in [1.82, 2.24) is 20.9 Å². The number of piperazine rings is 1. The highest BCUT2D eigenvalue weighted by Crippen LogP contribution is 2.10. The van der Waals surface area contributed by atoms with Crippen molar-refractivity contribution in [3.8, 4) is 0 Å². The molecule has 0 radical (unpaired) electrons. The predicted octanol–water partition coefficient (Wildman–Crippen LogP) is 1.36. The maximum atomic E-state index is 12.5. The van der Waals surface area contributed by atoms with E-state index in [0.717, 1.165) is 12.1 Å². The van der Waals surface area contributed by atoms with E-state index < -0.39 is 0 Å². The van der Waals surface area contributed by atoms with Gasteiger partial charge in [0.15, 0.2) is 5.96 Å². The number of ether oxygens (including phenoxy) is 1. The Morgan fingerprint density at radius 2 is 1.97 bits per heavy atom. The molecule has 2 amide bonds. The van der Waals surface area contributed by atoms with Crippen LogP contribution in [-0.2, 0) is 16.1 Å². The van der Waals surface area contributed by atoms with Crippen molar-refractivity contribution in [2.24, 2.45) is 4.99 Å². The molecule has 1 aromatic rings. The second-order valence-corrected chi connectivity index (χ2v) is 7.29. The molecule has 0 aromatic heterocycles. The Hall–Kier alpha value is -1.88. The number of halogens is 1. The van der Waals surface area contributed by atoms with Crippen molar-refractivity contribution in [2.45, 2.75) is 32.9 Å². The van der Waals surface area contributed by atoms with Gasteiger partial charge in [0.05, 0.1) is 18.7 Å². The van der Waals surface area contributed by atoms with Gasteiger partial charge >= 0.3 is 0 Å². The standard InChI is InChI=1S/C20H31N5O3.HI/c1-5-21-19(24-14-20(2,3)28-4)23-12-15-6-8-16(9-7-15)18(27)25-11-10-22-17(26)13-25;/h6-9H,5,10-14H2,1-4H3,(H,22,26)(H2,21,23,24);1H. The number of benzene rings is 1. The summed E-state index contributed by atoms with van der Waals surface area (Å²) < 4.78 is 5.42. The van der Waals surface area contributed by atoms with Crippen molar-refractivity contribution in [3.05, 3.63) is 35.4 Å². The van der Waals surface area contributed by atoms with Gasteiger partial charge in [0, 0.05) is 38.9 Å². The van der Waals surface area contributed by atoms with Crippen LogP contribution in [0.25, 0.3) is 0 Å². The summed E-state index contributed by atoms with van der Waals surface area (Å²) in [6.07, 6.45) is 0. The Labute approximate surface area is 189 Å².